The van der Waals surface area contributed by atoms with Crippen LogP contribution >= 0.6 is 11.6 Å². The normalized spacial score (nSPS) is 23.7. The third-order valence-corrected chi connectivity index (χ3v) is 8.08. The van der Waals surface area contributed by atoms with E-state index in [2.05, 4.69) is 12.2 Å². The summed E-state index contributed by atoms with van der Waals surface area (Å²) in [6.45, 7) is 4.69. The maximum Gasteiger partial charge on any atom is 0.340 e. The Hall–Kier alpha value is -1.68. The minimum absolute atomic E-state index is 0.0550. The van der Waals surface area contributed by atoms with Crippen LogP contribution in [0.5, 0.6) is 0 Å². The molecule has 172 valence electrons. The predicted octanol–water partition coefficient (Wildman–Crippen LogP) is 2.60. The summed E-state index contributed by atoms with van der Waals surface area (Å²) < 4.78 is 37.5. The molecule has 2 aliphatic rings. The smallest absolute Gasteiger partial charge is 0.340 e. The van der Waals surface area contributed by atoms with E-state index >= 15 is 0 Å². The number of amides is 1. The number of halogens is 1. The molecule has 1 aliphatic heterocycles. The number of benzene rings is 1. The number of nitrogens with one attached hydrogen (secondary N) is 1. The number of carbonyl (C=O) groups excluding carboxylic acids is 2. The number of hydrogen-bond donors (Lipinski definition) is 1. The van der Waals surface area contributed by atoms with Crippen LogP contribution in [0.3, 0.4) is 0 Å². The van der Waals surface area contributed by atoms with Crippen molar-refractivity contribution in [2.24, 2.45) is 5.92 Å². The third kappa shape index (κ3) is 5.77. The first-order valence-corrected chi connectivity index (χ1v) is 12.4. The maximum absolute atomic E-state index is 12.9. The van der Waals surface area contributed by atoms with Gasteiger partial charge in [-0.1, -0.05) is 31.4 Å². The van der Waals surface area contributed by atoms with Crippen molar-refractivity contribution < 1.29 is 27.5 Å². The lowest BCUT2D eigenvalue weighted by Gasteiger charge is -2.30. The Kier molecular flexibility index (Phi) is 7.96. The zero-order valence-corrected chi connectivity index (χ0v) is 19.4. The lowest BCUT2D eigenvalue weighted by Crippen LogP contribution is -2.46. The van der Waals surface area contributed by atoms with Crippen LogP contribution in [0, 0.1) is 5.92 Å². The van der Waals surface area contributed by atoms with Gasteiger partial charge in [-0.3, -0.25) is 4.79 Å². The fraction of sp³-hybridized carbons (Fsp3) is 0.619. The van der Waals surface area contributed by atoms with Crippen molar-refractivity contribution in [1.29, 1.82) is 0 Å². The Morgan fingerprint density at radius 3 is 2.58 bits per heavy atom. The summed E-state index contributed by atoms with van der Waals surface area (Å²) in [6, 6.07) is 3.96. The van der Waals surface area contributed by atoms with Crippen molar-refractivity contribution in [3.63, 3.8) is 0 Å². The molecule has 1 saturated carbocycles. The van der Waals surface area contributed by atoms with Gasteiger partial charge in [0, 0.05) is 19.1 Å². The van der Waals surface area contributed by atoms with Gasteiger partial charge in [0.05, 0.1) is 28.7 Å². The van der Waals surface area contributed by atoms with E-state index in [1.165, 1.54) is 29.4 Å². The summed E-state index contributed by atoms with van der Waals surface area (Å²) in [4.78, 5) is 25.1. The van der Waals surface area contributed by atoms with Gasteiger partial charge < -0.3 is 14.8 Å². The molecule has 0 radical (unpaired) electrons. The molecule has 10 heteroatoms. The molecule has 1 aliphatic carbocycles. The number of carbonyl (C=O) groups is 2. The van der Waals surface area contributed by atoms with Gasteiger partial charge in [0.1, 0.15) is 0 Å². The fourth-order valence-electron chi connectivity index (χ4n) is 3.87. The molecule has 1 aromatic rings. The minimum atomic E-state index is -3.80. The highest BCUT2D eigenvalue weighted by atomic mass is 35.5. The molecule has 3 rings (SSSR count). The summed E-state index contributed by atoms with van der Waals surface area (Å²) in [5.41, 5.74) is -0.0957. The highest BCUT2D eigenvalue weighted by molar-refractivity contribution is 7.89. The molecule has 1 saturated heterocycles. The molecule has 0 bridgehead atoms. The predicted molar refractivity (Wildman–Crippen MR) is 115 cm³/mol. The van der Waals surface area contributed by atoms with Crippen LogP contribution in [0.2, 0.25) is 5.02 Å². The van der Waals surface area contributed by atoms with Gasteiger partial charge in [-0.2, -0.15) is 4.31 Å². The highest BCUT2D eigenvalue weighted by Gasteiger charge is 2.30. The Bertz CT molecular complexity index is 916. The molecule has 3 atom stereocenters. The van der Waals surface area contributed by atoms with Crippen molar-refractivity contribution in [2.45, 2.75) is 56.6 Å². The standard InChI is InChI=1S/C21H29ClN2O6S/c1-14-5-3-4-6-19(14)23-20(25)15(2)30-21(26)17-13-16(7-8-18(17)22)31(27,28)24-9-11-29-12-10-24/h7-8,13-15,19H,3-6,9-12H2,1-2H3,(H,23,25)/t14-,15+,19+/m0/s1. The highest BCUT2D eigenvalue weighted by Crippen LogP contribution is 2.26. The quantitative estimate of drug-likeness (QED) is 0.638. The second kappa shape index (κ2) is 10.3. The molecule has 1 N–H and O–H groups in total. The zero-order valence-electron chi connectivity index (χ0n) is 17.8. The second-order valence-corrected chi connectivity index (χ2v) is 10.4. The Labute approximate surface area is 188 Å². The molecular formula is C21H29ClN2O6S. The van der Waals surface area contributed by atoms with Crippen LogP contribution in [-0.2, 0) is 24.3 Å². The van der Waals surface area contributed by atoms with Gasteiger partial charge >= 0.3 is 5.97 Å². The van der Waals surface area contributed by atoms with Gasteiger partial charge in [-0.15, -0.1) is 0 Å². The number of esters is 1. The lowest BCUT2D eigenvalue weighted by molar-refractivity contribution is -0.130. The van der Waals surface area contributed by atoms with Crippen LogP contribution in [0.25, 0.3) is 0 Å². The SMILES string of the molecule is C[C@@H](OC(=O)c1cc(S(=O)(=O)N2CCOCC2)ccc1Cl)C(=O)N[C@@H]1CCCC[C@@H]1C. The summed E-state index contributed by atoms with van der Waals surface area (Å²) in [6.07, 6.45) is 3.14. The van der Waals surface area contributed by atoms with E-state index in [4.69, 9.17) is 21.1 Å². The van der Waals surface area contributed by atoms with Gasteiger partial charge in [-0.25, -0.2) is 13.2 Å². The van der Waals surface area contributed by atoms with E-state index in [0.717, 1.165) is 25.7 Å². The molecule has 31 heavy (non-hydrogen) atoms. The van der Waals surface area contributed by atoms with Crippen LogP contribution in [0.1, 0.15) is 49.9 Å². The molecule has 0 spiro atoms. The van der Waals surface area contributed by atoms with Crippen molar-refractivity contribution >= 4 is 33.5 Å². The van der Waals surface area contributed by atoms with Crippen molar-refractivity contribution in [3.8, 4) is 0 Å². The number of rotatable bonds is 6. The molecule has 0 aromatic heterocycles. The second-order valence-electron chi connectivity index (χ2n) is 8.08. The van der Waals surface area contributed by atoms with Crippen LogP contribution in [0.15, 0.2) is 23.1 Å². The summed E-state index contributed by atoms with van der Waals surface area (Å²) in [7, 11) is -3.80. The molecule has 0 unspecified atom stereocenters. The fourth-order valence-corrected chi connectivity index (χ4v) is 5.50. The van der Waals surface area contributed by atoms with E-state index < -0.39 is 22.1 Å². The van der Waals surface area contributed by atoms with E-state index in [-0.39, 0.29) is 40.5 Å². The Morgan fingerprint density at radius 2 is 1.90 bits per heavy atom. The molecule has 2 fully saturated rings. The summed E-state index contributed by atoms with van der Waals surface area (Å²) in [5, 5.41) is 3.01. The maximum atomic E-state index is 12.9. The molecule has 1 aromatic carbocycles. The van der Waals surface area contributed by atoms with E-state index in [1.54, 1.807) is 0 Å². The average molecular weight is 473 g/mol. The average Bonchev–Trinajstić information content (AvgIpc) is 2.76. The van der Waals surface area contributed by atoms with Gasteiger partial charge in [0.25, 0.3) is 5.91 Å². The number of nitrogens with zero attached hydrogens (tertiary/aromatic N) is 1. The van der Waals surface area contributed by atoms with E-state index in [1.807, 2.05) is 0 Å². The van der Waals surface area contributed by atoms with Crippen molar-refractivity contribution in [1.82, 2.24) is 9.62 Å². The van der Waals surface area contributed by atoms with Crippen molar-refractivity contribution in [2.75, 3.05) is 26.3 Å². The number of sulfonamides is 1. The van der Waals surface area contributed by atoms with Crippen LogP contribution in [0.4, 0.5) is 0 Å². The molecule has 1 heterocycles. The topological polar surface area (TPSA) is 102 Å². The molecular weight excluding hydrogens is 444 g/mol. The monoisotopic (exact) mass is 472 g/mol. The first-order valence-electron chi connectivity index (χ1n) is 10.6. The summed E-state index contributed by atoms with van der Waals surface area (Å²) in [5.74, 6) is -0.846. The molecule has 1 amide bonds. The first kappa shape index (κ1) is 24.0. The van der Waals surface area contributed by atoms with Crippen LogP contribution < -0.4 is 5.32 Å². The first-order chi connectivity index (χ1) is 14.7. The Morgan fingerprint density at radius 1 is 1.23 bits per heavy atom. The zero-order chi connectivity index (χ0) is 22.6. The third-order valence-electron chi connectivity index (χ3n) is 5.86. The van der Waals surface area contributed by atoms with Gasteiger partial charge in [-0.05, 0) is 43.9 Å². The largest absolute Gasteiger partial charge is 0.449 e. The molecule has 8 nitrogen and oxygen atoms in total. The van der Waals surface area contributed by atoms with Crippen LogP contribution in [-0.4, -0.2) is 63.0 Å². The summed E-state index contributed by atoms with van der Waals surface area (Å²) >= 11 is 6.13. The number of hydrogen-bond acceptors (Lipinski definition) is 6. The van der Waals surface area contributed by atoms with E-state index in [9.17, 15) is 18.0 Å². The number of morpholine rings is 1. The van der Waals surface area contributed by atoms with E-state index in [0.29, 0.717) is 19.1 Å². The lowest BCUT2D eigenvalue weighted by atomic mass is 9.86. The van der Waals surface area contributed by atoms with Gasteiger partial charge in [0.2, 0.25) is 10.0 Å². The van der Waals surface area contributed by atoms with Gasteiger partial charge in [0.15, 0.2) is 6.10 Å². The van der Waals surface area contributed by atoms with Crippen molar-refractivity contribution in [3.05, 3.63) is 28.8 Å². The Balaban J connectivity index is 1.69. The number of ether oxygens (including phenoxy) is 2. The minimum Gasteiger partial charge on any atom is -0.449 e.